The Morgan fingerprint density at radius 1 is 1.04 bits per heavy atom. The van der Waals surface area contributed by atoms with Crippen LogP contribution in [0.1, 0.15) is 25.7 Å². The van der Waals surface area contributed by atoms with E-state index in [0.29, 0.717) is 17.9 Å². The van der Waals surface area contributed by atoms with Gasteiger partial charge in [0.15, 0.2) is 0 Å². The van der Waals surface area contributed by atoms with Gasteiger partial charge in [-0.15, -0.1) is 0 Å². The summed E-state index contributed by atoms with van der Waals surface area (Å²) in [5.41, 5.74) is 2.42. The van der Waals surface area contributed by atoms with Gasteiger partial charge in [0.1, 0.15) is 11.6 Å². The van der Waals surface area contributed by atoms with Crippen molar-refractivity contribution in [2.24, 2.45) is 0 Å². The molecule has 0 saturated heterocycles. The molecule has 0 saturated carbocycles. The summed E-state index contributed by atoms with van der Waals surface area (Å²) in [4.78, 5) is 3.20. The Balaban J connectivity index is 1.62. The number of H-pyrrole nitrogens is 1. The van der Waals surface area contributed by atoms with Crippen LogP contribution in [0.3, 0.4) is 0 Å². The van der Waals surface area contributed by atoms with Crippen molar-refractivity contribution in [3.63, 3.8) is 0 Å². The molecule has 0 radical (unpaired) electrons. The average molecular weight is 419 g/mol. The standard InChI is InChI=1S/C21H24BrFN2O/c1-24-10-4-2-3-5-11-26-16-7-9-17(20(23)13-16)19-14-25-21-12-15(22)6-8-18(19)21/h6-9,12-14,24-25H,2-5,10-11H2,1H3. The lowest BCUT2D eigenvalue weighted by atomic mass is 10.0. The molecule has 138 valence electrons. The largest absolute Gasteiger partial charge is 0.493 e. The van der Waals surface area contributed by atoms with Crippen LogP contribution < -0.4 is 10.1 Å². The second-order valence-corrected chi connectivity index (χ2v) is 7.32. The summed E-state index contributed by atoms with van der Waals surface area (Å²) >= 11 is 3.46. The van der Waals surface area contributed by atoms with Gasteiger partial charge in [-0.25, -0.2) is 4.39 Å². The first-order chi connectivity index (χ1) is 12.7. The second-order valence-electron chi connectivity index (χ2n) is 6.40. The number of hydrogen-bond donors (Lipinski definition) is 2. The monoisotopic (exact) mass is 418 g/mol. The van der Waals surface area contributed by atoms with Gasteiger partial charge in [0.05, 0.1) is 6.61 Å². The van der Waals surface area contributed by atoms with E-state index in [9.17, 15) is 4.39 Å². The highest BCUT2D eigenvalue weighted by Gasteiger charge is 2.12. The number of unbranched alkanes of at least 4 members (excludes halogenated alkanes) is 3. The van der Waals surface area contributed by atoms with E-state index in [1.165, 1.54) is 18.9 Å². The quantitative estimate of drug-likeness (QED) is 0.424. The number of aromatic nitrogens is 1. The van der Waals surface area contributed by atoms with Crippen LogP contribution in [0.4, 0.5) is 4.39 Å². The number of fused-ring (bicyclic) bond motifs is 1. The van der Waals surface area contributed by atoms with Crippen molar-refractivity contribution in [2.75, 3.05) is 20.2 Å². The molecule has 0 unspecified atom stereocenters. The molecule has 0 bridgehead atoms. The Hall–Kier alpha value is -1.85. The summed E-state index contributed by atoms with van der Waals surface area (Å²) in [5, 5.41) is 4.15. The molecular weight excluding hydrogens is 395 g/mol. The summed E-state index contributed by atoms with van der Waals surface area (Å²) < 4.78 is 21.3. The van der Waals surface area contributed by atoms with Gasteiger partial charge >= 0.3 is 0 Å². The number of hydrogen-bond acceptors (Lipinski definition) is 2. The number of ether oxygens (including phenoxy) is 1. The van der Waals surface area contributed by atoms with Gasteiger partial charge in [-0.1, -0.05) is 34.8 Å². The van der Waals surface area contributed by atoms with Gasteiger partial charge < -0.3 is 15.0 Å². The number of nitrogens with one attached hydrogen (secondary N) is 2. The SMILES string of the molecule is CNCCCCCCOc1ccc(-c2c[nH]c3cc(Br)ccc23)c(F)c1. The van der Waals surface area contributed by atoms with Gasteiger partial charge in [-0.2, -0.15) is 0 Å². The van der Waals surface area contributed by atoms with E-state index in [2.05, 4.69) is 26.2 Å². The molecular formula is C21H24BrFN2O. The summed E-state index contributed by atoms with van der Waals surface area (Å²) in [7, 11) is 1.97. The molecule has 26 heavy (non-hydrogen) atoms. The maximum Gasteiger partial charge on any atom is 0.134 e. The Morgan fingerprint density at radius 2 is 1.88 bits per heavy atom. The van der Waals surface area contributed by atoms with Crippen LogP contribution >= 0.6 is 15.9 Å². The maximum atomic E-state index is 14.6. The van der Waals surface area contributed by atoms with E-state index in [1.807, 2.05) is 37.5 Å². The highest BCUT2D eigenvalue weighted by atomic mass is 79.9. The average Bonchev–Trinajstić information content (AvgIpc) is 3.04. The third kappa shape index (κ3) is 4.65. The van der Waals surface area contributed by atoms with Gasteiger partial charge in [0.25, 0.3) is 0 Å². The molecule has 0 amide bonds. The van der Waals surface area contributed by atoms with Crippen LogP contribution in [0.25, 0.3) is 22.0 Å². The Labute approximate surface area is 162 Å². The van der Waals surface area contributed by atoms with Crippen molar-refractivity contribution in [1.82, 2.24) is 10.3 Å². The fraction of sp³-hybridized carbons (Fsp3) is 0.333. The minimum Gasteiger partial charge on any atom is -0.493 e. The molecule has 0 spiro atoms. The van der Waals surface area contributed by atoms with Gasteiger partial charge in [0, 0.05) is 38.8 Å². The van der Waals surface area contributed by atoms with E-state index in [1.54, 1.807) is 6.07 Å². The fourth-order valence-corrected chi connectivity index (χ4v) is 3.43. The molecule has 1 heterocycles. The third-order valence-corrected chi connectivity index (χ3v) is 4.96. The van der Waals surface area contributed by atoms with Crippen molar-refractivity contribution in [2.45, 2.75) is 25.7 Å². The smallest absolute Gasteiger partial charge is 0.134 e. The number of halogens is 2. The van der Waals surface area contributed by atoms with Crippen LogP contribution in [0.15, 0.2) is 47.1 Å². The van der Waals surface area contributed by atoms with Crippen molar-refractivity contribution in [1.29, 1.82) is 0 Å². The van der Waals surface area contributed by atoms with Crippen molar-refractivity contribution < 1.29 is 9.13 Å². The topological polar surface area (TPSA) is 37.0 Å². The van der Waals surface area contributed by atoms with Gasteiger partial charge in [0.2, 0.25) is 0 Å². The minimum absolute atomic E-state index is 0.264. The number of rotatable bonds is 9. The predicted octanol–water partition coefficient (Wildman–Crippen LogP) is 5.90. The summed E-state index contributed by atoms with van der Waals surface area (Å²) in [5.74, 6) is 0.324. The highest BCUT2D eigenvalue weighted by molar-refractivity contribution is 9.10. The Kier molecular flexibility index (Phi) is 6.69. The molecule has 1 aromatic heterocycles. The molecule has 0 fully saturated rings. The van der Waals surface area contributed by atoms with Crippen LogP contribution in [0, 0.1) is 5.82 Å². The summed E-state index contributed by atoms with van der Waals surface area (Å²) in [6, 6.07) is 11.1. The first-order valence-corrected chi connectivity index (χ1v) is 9.82. The van der Waals surface area contributed by atoms with Crippen molar-refractivity contribution in [3.8, 4) is 16.9 Å². The zero-order valence-electron chi connectivity index (χ0n) is 14.9. The van der Waals surface area contributed by atoms with E-state index < -0.39 is 0 Å². The zero-order chi connectivity index (χ0) is 18.4. The normalized spacial score (nSPS) is 11.2. The van der Waals surface area contributed by atoms with Crippen molar-refractivity contribution in [3.05, 3.63) is 52.9 Å². The fourth-order valence-electron chi connectivity index (χ4n) is 3.07. The molecule has 0 atom stereocenters. The summed E-state index contributed by atoms with van der Waals surface area (Å²) in [6.07, 6.45) is 6.34. The molecule has 0 aliphatic carbocycles. The van der Waals surface area contributed by atoms with Crippen LogP contribution in [-0.4, -0.2) is 25.2 Å². The lowest BCUT2D eigenvalue weighted by Gasteiger charge is -2.08. The third-order valence-electron chi connectivity index (χ3n) is 4.46. The van der Waals surface area contributed by atoms with Crippen LogP contribution in [-0.2, 0) is 0 Å². The lowest BCUT2D eigenvalue weighted by Crippen LogP contribution is -2.07. The first-order valence-electron chi connectivity index (χ1n) is 9.03. The van der Waals surface area contributed by atoms with Crippen LogP contribution in [0.2, 0.25) is 0 Å². The second kappa shape index (κ2) is 9.19. The van der Waals surface area contributed by atoms with Gasteiger partial charge in [-0.05, 0) is 50.7 Å². The van der Waals surface area contributed by atoms with Gasteiger partial charge in [-0.3, -0.25) is 0 Å². The lowest BCUT2D eigenvalue weighted by molar-refractivity contribution is 0.303. The number of benzene rings is 2. The Morgan fingerprint density at radius 3 is 2.69 bits per heavy atom. The van der Waals surface area contributed by atoms with E-state index in [4.69, 9.17) is 4.74 Å². The van der Waals surface area contributed by atoms with E-state index in [0.717, 1.165) is 40.3 Å². The molecule has 0 aliphatic heterocycles. The molecule has 2 aromatic carbocycles. The molecule has 3 rings (SSSR count). The summed E-state index contributed by atoms with van der Waals surface area (Å²) in [6.45, 7) is 1.68. The van der Waals surface area contributed by atoms with Crippen LogP contribution in [0.5, 0.6) is 5.75 Å². The Bertz CT molecular complexity index is 862. The predicted molar refractivity (Wildman–Crippen MR) is 109 cm³/mol. The highest BCUT2D eigenvalue weighted by Crippen LogP contribution is 2.33. The molecule has 0 aliphatic rings. The maximum absolute atomic E-state index is 14.6. The first kappa shape index (κ1) is 18.9. The molecule has 3 aromatic rings. The zero-order valence-corrected chi connectivity index (χ0v) is 16.5. The number of aromatic amines is 1. The molecule has 2 N–H and O–H groups in total. The van der Waals surface area contributed by atoms with E-state index >= 15 is 0 Å². The molecule has 3 nitrogen and oxygen atoms in total. The minimum atomic E-state index is -0.264. The van der Waals surface area contributed by atoms with E-state index in [-0.39, 0.29) is 5.82 Å². The molecule has 5 heteroatoms. The van der Waals surface area contributed by atoms with Crippen molar-refractivity contribution >= 4 is 26.8 Å².